The minimum atomic E-state index is -0.236. The average Bonchev–Trinajstić information content (AvgIpc) is 3.01. The van der Waals surface area contributed by atoms with Crippen molar-refractivity contribution in [2.24, 2.45) is 0 Å². The molecule has 0 atom stereocenters. The van der Waals surface area contributed by atoms with Gasteiger partial charge in [-0.05, 0) is 13.8 Å². The molecule has 0 saturated heterocycles. The standard InChI is InChI=1S/C17H17N5O2S/c1-10-3-5-12(6-4-10)13-8-16(24-22-13)21-15(23)9-25-17-19-11(2)7-14(18)20-17/h3-8H,9H2,1-2H3,(H,21,23)(H2,18,19,20). The predicted molar refractivity (Wildman–Crippen MR) is 97.2 cm³/mol. The zero-order valence-corrected chi connectivity index (χ0v) is 14.6. The first kappa shape index (κ1) is 17.0. The van der Waals surface area contributed by atoms with Crippen LogP contribution in [0.1, 0.15) is 11.3 Å². The van der Waals surface area contributed by atoms with E-state index in [0.717, 1.165) is 16.8 Å². The molecule has 2 heterocycles. The van der Waals surface area contributed by atoms with E-state index in [2.05, 4.69) is 20.4 Å². The number of nitrogens with two attached hydrogens (primary N) is 1. The lowest BCUT2D eigenvalue weighted by molar-refractivity contribution is -0.113. The molecule has 0 radical (unpaired) electrons. The van der Waals surface area contributed by atoms with Crippen molar-refractivity contribution >= 4 is 29.4 Å². The zero-order valence-electron chi connectivity index (χ0n) is 13.8. The maximum atomic E-state index is 12.0. The van der Waals surface area contributed by atoms with Crippen LogP contribution in [-0.2, 0) is 4.79 Å². The van der Waals surface area contributed by atoms with Crippen LogP contribution in [-0.4, -0.2) is 26.8 Å². The molecule has 3 rings (SSSR count). The van der Waals surface area contributed by atoms with Gasteiger partial charge in [-0.25, -0.2) is 9.97 Å². The minimum Gasteiger partial charge on any atom is -0.384 e. The largest absolute Gasteiger partial charge is 0.384 e. The Hall–Kier alpha value is -2.87. The molecular weight excluding hydrogens is 338 g/mol. The lowest BCUT2D eigenvalue weighted by Crippen LogP contribution is -2.14. The second kappa shape index (κ2) is 7.35. The smallest absolute Gasteiger partial charge is 0.237 e. The molecule has 3 N–H and O–H groups in total. The Morgan fingerprint density at radius 1 is 1.20 bits per heavy atom. The van der Waals surface area contributed by atoms with Gasteiger partial charge in [0.05, 0.1) is 5.75 Å². The molecule has 0 fully saturated rings. The third-order valence-corrected chi connectivity index (χ3v) is 4.15. The van der Waals surface area contributed by atoms with Gasteiger partial charge in [0.2, 0.25) is 11.8 Å². The van der Waals surface area contributed by atoms with Crippen molar-refractivity contribution in [1.29, 1.82) is 0 Å². The number of hydrogen-bond donors (Lipinski definition) is 2. The van der Waals surface area contributed by atoms with E-state index in [1.807, 2.05) is 38.1 Å². The van der Waals surface area contributed by atoms with Crippen molar-refractivity contribution in [1.82, 2.24) is 15.1 Å². The molecule has 25 heavy (non-hydrogen) atoms. The van der Waals surface area contributed by atoms with Crippen LogP contribution < -0.4 is 11.1 Å². The second-order valence-corrected chi connectivity index (χ2v) is 6.44. The fourth-order valence-corrected chi connectivity index (χ4v) is 2.84. The molecule has 1 aromatic carbocycles. The summed E-state index contributed by atoms with van der Waals surface area (Å²) in [5.41, 5.74) is 9.18. The summed E-state index contributed by atoms with van der Waals surface area (Å²) in [6, 6.07) is 11.3. The van der Waals surface area contributed by atoms with Gasteiger partial charge in [0.25, 0.3) is 0 Å². The number of nitrogens with one attached hydrogen (secondary N) is 1. The number of benzene rings is 1. The lowest BCUT2D eigenvalue weighted by atomic mass is 10.1. The summed E-state index contributed by atoms with van der Waals surface area (Å²) in [6.07, 6.45) is 0. The Kier molecular flexibility index (Phi) is 4.99. The fourth-order valence-electron chi connectivity index (χ4n) is 2.13. The van der Waals surface area contributed by atoms with Gasteiger partial charge in [0.1, 0.15) is 11.5 Å². The zero-order chi connectivity index (χ0) is 17.8. The third kappa shape index (κ3) is 4.57. The van der Waals surface area contributed by atoms with Crippen LogP contribution in [0.25, 0.3) is 11.3 Å². The van der Waals surface area contributed by atoms with E-state index in [4.69, 9.17) is 10.3 Å². The van der Waals surface area contributed by atoms with Gasteiger partial charge < -0.3 is 10.3 Å². The van der Waals surface area contributed by atoms with Gasteiger partial charge >= 0.3 is 0 Å². The highest BCUT2D eigenvalue weighted by Gasteiger charge is 2.11. The summed E-state index contributed by atoms with van der Waals surface area (Å²) < 4.78 is 5.17. The van der Waals surface area contributed by atoms with Crippen LogP contribution in [0, 0.1) is 13.8 Å². The normalized spacial score (nSPS) is 10.6. The predicted octanol–water partition coefficient (Wildman–Crippen LogP) is 3.06. The maximum Gasteiger partial charge on any atom is 0.237 e. The van der Waals surface area contributed by atoms with Crippen LogP contribution >= 0.6 is 11.8 Å². The Labute approximate surface area is 149 Å². The maximum absolute atomic E-state index is 12.0. The molecule has 2 aromatic heterocycles. The third-order valence-electron chi connectivity index (χ3n) is 3.31. The number of rotatable bonds is 5. The van der Waals surface area contributed by atoms with E-state index >= 15 is 0 Å². The molecule has 3 aromatic rings. The Morgan fingerprint density at radius 2 is 1.96 bits per heavy atom. The molecule has 128 valence electrons. The molecule has 0 spiro atoms. The summed E-state index contributed by atoms with van der Waals surface area (Å²) in [5, 5.41) is 7.10. The number of carbonyl (C=O) groups excluding carboxylic acids is 1. The van der Waals surface area contributed by atoms with Crippen molar-refractivity contribution in [3.8, 4) is 11.3 Å². The van der Waals surface area contributed by atoms with Crippen LogP contribution in [0.15, 0.2) is 46.1 Å². The molecular formula is C17H17N5O2S. The molecule has 0 unspecified atom stereocenters. The monoisotopic (exact) mass is 355 g/mol. The van der Waals surface area contributed by atoms with Crippen LogP contribution in [0.2, 0.25) is 0 Å². The van der Waals surface area contributed by atoms with Crippen molar-refractivity contribution in [2.75, 3.05) is 16.8 Å². The minimum absolute atomic E-state index is 0.142. The second-order valence-electron chi connectivity index (χ2n) is 5.50. The van der Waals surface area contributed by atoms with E-state index in [1.54, 1.807) is 12.1 Å². The first-order chi connectivity index (χ1) is 12.0. The van der Waals surface area contributed by atoms with Gasteiger partial charge in [-0.15, -0.1) is 0 Å². The Morgan fingerprint density at radius 3 is 2.68 bits per heavy atom. The molecule has 7 nitrogen and oxygen atoms in total. The van der Waals surface area contributed by atoms with E-state index in [0.29, 0.717) is 22.6 Å². The molecule has 0 saturated carbocycles. The van der Waals surface area contributed by atoms with Gasteiger partial charge in [0, 0.05) is 23.4 Å². The van der Waals surface area contributed by atoms with Crippen molar-refractivity contribution < 1.29 is 9.32 Å². The summed E-state index contributed by atoms with van der Waals surface area (Å²) in [7, 11) is 0. The first-order valence-electron chi connectivity index (χ1n) is 7.57. The topological polar surface area (TPSA) is 107 Å². The molecule has 0 aliphatic heterocycles. The van der Waals surface area contributed by atoms with Crippen LogP contribution in [0.4, 0.5) is 11.7 Å². The number of carbonyl (C=O) groups is 1. The molecule has 0 aliphatic rings. The number of nitrogens with zero attached hydrogens (tertiary/aromatic N) is 3. The summed E-state index contributed by atoms with van der Waals surface area (Å²) in [4.78, 5) is 20.3. The number of hydrogen-bond acceptors (Lipinski definition) is 7. The first-order valence-corrected chi connectivity index (χ1v) is 8.56. The highest BCUT2D eigenvalue weighted by atomic mass is 32.2. The lowest BCUT2D eigenvalue weighted by Gasteiger charge is -2.02. The van der Waals surface area contributed by atoms with Crippen LogP contribution in [0.5, 0.6) is 0 Å². The summed E-state index contributed by atoms with van der Waals surface area (Å²) in [6.45, 7) is 3.84. The van der Waals surface area contributed by atoms with Gasteiger partial charge in [-0.1, -0.05) is 46.7 Å². The fraction of sp³-hybridized carbons (Fsp3) is 0.176. The average molecular weight is 355 g/mol. The highest BCUT2D eigenvalue weighted by molar-refractivity contribution is 7.99. The van der Waals surface area contributed by atoms with Gasteiger partial charge in [0.15, 0.2) is 5.16 Å². The van der Waals surface area contributed by atoms with Gasteiger partial charge in [-0.2, -0.15) is 0 Å². The van der Waals surface area contributed by atoms with Gasteiger partial charge in [-0.3, -0.25) is 10.1 Å². The van der Waals surface area contributed by atoms with Crippen LogP contribution in [0.3, 0.4) is 0 Å². The van der Waals surface area contributed by atoms with E-state index in [1.165, 1.54) is 11.8 Å². The molecule has 1 amide bonds. The number of aryl methyl sites for hydroxylation is 2. The summed E-state index contributed by atoms with van der Waals surface area (Å²) >= 11 is 1.20. The number of amides is 1. The Bertz CT molecular complexity index is 872. The van der Waals surface area contributed by atoms with E-state index < -0.39 is 0 Å². The number of thioether (sulfide) groups is 1. The van der Waals surface area contributed by atoms with E-state index in [-0.39, 0.29) is 11.7 Å². The molecule has 8 heteroatoms. The summed E-state index contributed by atoms with van der Waals surface area (Å²) in [5.74, 6) is 0.586. The SMILES string of the molecule is Cc1ccc(-c2cc(NC(=O)CSc3nc(C)cc(N)n3)on2)cc1. The van der Waals surface area contributed by atoms with Crippen molar-refractivity contribution in [2.45, 2.75) is 19.0 Å². The number of aromatic nitrogens is 3. The van der Waals surface area contributed by atoms with Crippen molar-refractivity contribution in [3.63, 3.8) is 0 Å². The molecule has 0 aliphatic carbocycles. The van der Waals surface area contributed by atoms with E-state index in [9.17, 15) is 4.79 Å². The number of anilines is 2. The number of nitrogen functional groups attached to an aromatic ring is 1. The quantitative estimate of drug-likeness (QED) is 0.535. The molecule has 0 bridgehead atoms. The van der Waals surface area contributed by atoms with Crippen molar-refractivity contribution in [3.05, 3.63) is 47.7 Å². The Balaban J connectivity index is 1.59. The highest BCUT2D eigenvalue weighted by Crippen LogP contribution is 2.22.